The number of carbonyl (C=O) groups is 1. The standard InChI is InChI=1S/C24H24FNO4/c1-15-12-20(29-16(2)24(28)26-10-4-3-5-11-26)23-19(14-22(27)30-21(23)13-15)17-6-8-18(25)9-7-17/h6-9,12-14,16H,3-5,10-11H2,1-2H3/t16-/m1/s1. The maximum atomic E-state index is 13.4. The Morgan fingerprint density at radius 3 is 2.50 bits per heavy atom. The van der Waals surface area contributed by atoms with Gasteiger partial charge in [0.1, 0.15) is 17.1 Å². The summed E-state index contributed by atoms with van der Waals surface area (Å²) in [6, 6.07) is 10.9. The minimum absolute atomic E-state index is 0.0509. The number of hydrogen-bond donors (Lipinski definition) is 0. The zero-order chi connectivity index (χ0) is 21.3. The first-order chi connectivity index (χ1) is 14.4. The Balaban J connectivity index is 1.78. The largest absolute Gasteiger partial charge is 0.480 e. The van der Waals surface area contributed by atoms with Crippen molar-refractivity contribution >= 4 is 16.9 Å². The fourth-order valence-electron chi connectivity index (χ4n) is 3.96. The number of hydrogen-bond acceptors (Lipinski definition) is 4. The topological polar surface area (TPSA) is 59.8 Å². The molecule has 1 aliphatic rings. The van der Waals surface area contributed by atoms with E-state index in [9.17, 15) is 14.0 Å². The minimum Gasteiger partial charge on any atom is -0.480 e. The Kier molecular flexibility index (Phi) is 5.57. The van der Waals surface area contributed by atoms with Crippen molar-refractivity contribution in [2.45, 2.75) is 39.2 Å². The molecule has 0 bridgehead atoms. The third-order valence-corrected chi connectivity index (χ3v) is 5.43. The highest BCUT2D eigenvalue weighted by molar-refractivity contribution is 5.98. The molecule has 5 nitrogen and oxygen atoms in total. The van der Waals surface area contributed by atoms with Gasteiger partial charge in [0.05, 0.1) is 5.39 Å². The van der Waals surface area contributed by atoms with Gasteiger partial charge in [0.2, 0.25) is 0 Å². The molecule has 0 radical (unpaired) electrons. The number of ether oxygens (including phenoxy) is 1. The fourth-order valence-corrected chi connectivity index (χ4v) is 3.96. The van der Waals surface area contributed by atoms with E-state index in [-0.39, 0.29) is 11.7 Å². The number of rotatable bonds is 4. The number of piperidine rings is 1. The van der Waals surface area contributed by atoms with Crippen LogP contribution in [0.3, 0.4) is 0 Å². The van der Waals surface area contributed by atoms with Gasteiger partial charge in [0.15, 0.2) is 6.10 Å². The highest BCUT2D eigenvalue weighted by Crippen LogP contribution is 2.36. The summed E-state index contributed by atoms with van der Waals surface area (Å²) in [6.45, 7) is 5.10. The van der Waals surface area contributed by atoms with Crippen molar-refractivity contribution in [2.24, 2.45) is 0 Å². The van der Waals surface area contributed by atoms with Gasteiger partial charge in [-0.2, -0.15) is 0 Å². The molecule has 2 aromatic carbocycles. The van der Waals surface area contributed by atoms with E-state index in [1.807, 2.05) is 17.9 Å². The van der Waals surface area contributed by atoms with E-state index in [0.717, 1.165) is 37.9 Å². The number of likely N-dealkylation sites (tertiary alicyclic amines) is 1. The van der Waals surface area contributed by atoms with Crippen molar-refractivity contribution in [3.05, 3.63) is 64.3 Å². The zero-order valence-corrected chi connectivity index (χ0v) is 17.1. The number of amides is 1. The van der Waals surface area contributed by atoms with Gasteiger partial charge in [-0.05, 0) is 68.5 Å². The summed E-state index contributed by atoms with van der Waals surface area (Å²) < 4.78 is 25.0. The Labute approximate surface area is 174 Å². The fraction of sp³-hybridized carbons (Fsp3) is 0.333. The van der Waals surface area contributed by atoms with Crippen LogP contribution in [0.5, 0.6) is 5.75 Å². The van der Waals surface area contributed by atoms with Crippen molar-refractivity contribution in [3.63, 3.8) is 0 Å². The number of carbonyl (C=O) groups excluding carboxylic acids is 1. The summed E-state index contributed by atoms with van der Waals surface area (Å²) in [4.78, 5) is 26.9. The normalized spacial score (nSPS) is 15.2. The van der Waals surface area contributed by atoms with Crippen LogP contribution in [0.25, 0.3) is 22.1 Å². The molecule has 1 aromatic heterocycles. The van der Waals surface area contributed by atoms with Gasteiger partial charge in [0, 0.05) is 24.7 Å². The molecule has 1 fully saturated rings. The third kappa shape index (κ3) is 4.08. The van der Waals surface area contributed by atoms with Crippen LogP contribution in [-0.4, -0.2) is 30.0 Å². The van der Waals surface area contributed by atoms with Gasteiger partial charge in [-0.15, -0.1) is 0 Å². The van der Waals surface area contributed by atoms with Crippen molar-refractivity contribution in [1.82, 2.24) is 4.90 Å². The number of nitrogens with zero attached hydrogens (tertiary/aromatic N) is 1. The lowest BCUT2D eigenvalue weighted by atomic mass is 10.00. The molecule has 0 spiro atoms. The average molecular weight is 409 g/mol. The predicted molar refractivity (Wildman–Crippen MR) is 113 cm³/mol. The van der Waals surface area contributed by atoms with Crippen LogP contribution in [0.1, 0.15) is 31.7 Å². The highest BCUT2D eigenvalue weighted by atomic mass is 19.1. The molecule has 0 unspecified atom stereocenters. The van der Waals surface area contributed by atoms with E-state index < -0.39 is 11.7 Å². The summed E-state index contributed by atoms with van der Waals surface area (Å²) in [5.41, 5.74) is 1.95. The molecule has 0 N–H and O–H groups in total. The second kappa shape index (κ2) is 8.30. The Bertz CT molecular complexity index is 1130. The molecule has 1 saturated heterocycles. The first-order valence-electron chi connectivity index (χ1n) is 10.2. The van der Waals surface area contributed by atoms with E-state index in [4.69, 9.17) is 9.15 Å². The number of aryl methyl sites for hydroxylation is 1. The van der Waals surface area contributed by atoms with Crippen molar-refractivity contribution in [2.75, 3.05) is 13.1 Å². The molecule has 0 aliphatic carbocycles. The van der Waals surface area contributed by atoms with E-state index >= 15 is 0 Å². The van der Waals surface area contributed by atoms with Crippen LogP contribution >= 0.6 is 0 Å². The monoisotopic (exact) mass is 409 g/mol. The van der Waals surface area contributed by atoms with E-state index in [1.54, 1.807) is 25.1 Å². The molecule has 2 heterocycles. The van der Waals surface area contributed by atoms with Crippen LogP contribution < -0.4 is 10.4 Å². The quantitative estimate of drug-likeness (QED) is 0.587. The minimum atomic E-state index is -0.680. The van der Waals surface area contributed by atoms with Gasteiger partial charge in [-0.3, -0.25) is 4.79 Å². The van der Waals surface area contributed by atoms with Gasteiger partial charge < -0.3 is 14.1 Å². The Morgan fingerprint density at radius 2 is 1.80 bits per heavy atom. The van der Waals surface area contributed by atoms with Crippen molar-refractivity contribution in [3.8, 4) is 16.9 Å². The molecule has 156 valence electrons. The molecular formula is C24H24FNO4. The molecule has 0 saturated carbocycles. The van der Waals surface area contributed by atoms with Crippen LogP contribution in [0, 0.1) is 12.7 Å². The average Bonchev–Trinajstić information content (AvgIpc) is 2.73. The third-order valence-electron chi connectivity index (χ3n) is 5.43. The smallest absolute Gasteiger partial charge is 0.336 e. The summed E-state index contributed by atoms with van der Waals surface area (Å²) in [5.74, 6) is 0.0510. The van der Waals surface area contributed by atoms with Gasteiger partial charge in [0.25, 0.3) is 5.91 Å². The van der Waals surface area contributed by atoms with Gasteiger partial charge in [-0.25, -0.2) is 9.18 Å². The molecule has 6 heteroatoms. The number of benzene rings is 2. The SMILES string of the molecule is Cc1cc(O[C@H](C)C(=O)N2CCCCC2)c2c(-c3ccc(F)cc3)cc(=O)oc2c1. The Morgan fingerprint density at radius 1 is 1.10 bits per heavy atom. The zero-order valence-electron chi connectivity index (χ0n) is 17.1. The highest BCUT2D eigenvalue weighted by Gasteiger charge is 2.25. The molecule has 30 heavy (non-hydrogen) atoms. The first kappa shape index (κ1) is 20.1. The van der Waals surface area contributed by atoms with Crippen LogP contribution in [-0.2, 0) is 4.79 Å². The second-order valence-corrected chi connectivity index (χ2v) is 7.77. The summed E-state index contributed by atoms with van der Waals surface area (Å²) in [5, 5.41) is 0.588. The number of fused-ring (bicyclic) bond motifs is 1. The van der Waals surface area contributed by atoms with Crippen LogP contribution in [0.15, 0.2) is 51.7 Å². The van der Waals surface area contributed by atoms with E-state index in [1.165, 1.54) is 18.2 Å². The van der Waals surface area contributed by atoms with Gasteiger partial charge >= 0.3 is 5.63 Å². The molecule has 1 amide bonds. The summed E-state index contributed by atoms with van der Waals surface area (Å²) in [6.07, 6.45) is 2.47. The number of halogens is 1. The Hall–Kier alpha value is -3.15. The molecule has 1 aliphatic heterocycles. The van der Waals surface area contributed by atoms with Crippen LogP contribution in [0.2, 0.25) is 0 Å². The lowest BCUT2D eigenvalue weighted by Crippen LogP contribution is -2.43. The van der Waals surface area contributed by atoms with Crippen molar-refractivity contribution in [1.29, 1.82) is 0 Å². The lowest BCUT2D eigenvalue weighted by molar-refractivity contribution is -0.138. The predicted octanol–water partition coefficient (Wildman–Crippen LogP) is 4.69. The summed E-state index contributed by atoms with van der Waals surface area (Å²) in [7, 11) is 0. The van der Waals surface area contributed by atoms with E-state index in [0.29, 0.717) is 27.8 Å². The molecule has 4 rings (SSSR count). The first-order valence-corrected chi connectivity index (χ1v) is 10.2. The van der Waals surface area contributed by atoms with Gasteiger partial charge in [-0.1, -0.05) is 12.1 Å². The van der Waals surface area contributed by atoms with Crippen LogP contribution in [0.4, 0.5) is 4.39 Å². The molecule has 3 aromatic rings. The lowest BCUT2D eigenvalue weighted by Gasteiger charge is -2.29. The molecular weight excluding hydrogens is 385 g/mol. The van der Waals surface area contributed by atoms with Crippen molar-refractivity contribution < 1.29 is 18.3 Å². The van der Waals surface area contributed by atoms with E-state index in [2.05, 4.69) is 0 Å². The maximum Gasteiger partial charge on any atom is 0.336 e. The molecule has 1 atom stereocenters. The summed E-state index contributed by atoms with van der Waals surface area (Å²) >= 11 is 0. The second-order valence-electron chi connectivity index (χ2n) is 7.77. The maximum absolute atomic E-state index is 13.4.